The molecule has 0 aromatic rings. The molecule has 0 aliphatic heterocycles. The molecular weight excluding hydrogens is 663 g/mol. The normalized spacial score (nSPS) is 13.6. The van der Waals surface area contributed by atoms with Gasteiger partial charge in [-0.3, -0.25) is 4.79 Å². The molecule has 0 saturated carbocycles. The molecule has 0 aromatic heterocycles. The monoisotopic (exact) mass is 752 g/mol. The minimum atomic E-state index is -0.894. The maximum atomic E-state index is 12.3. The highest BCUT2D eigenvalue weighted by Gasteiger charge is 2.17. The quantitative estimate of drug-likeness (QED) is 0.0430. The van der Waals surface area contributed by atoms with Gasteiger partial charge in [-0.15, -0.1) is 0 Å². The van der Waals surface area contributed by atoms with Crippen molar-refractivity contribution in [2.45, 2.75) is 231 Å². The van der Waals surface area contributed by atoms with Crippen LogP contribution in [0.3, 0.4) is 0 Å². The number of unbranched alkanes of at least 4 members (excludes halogenated alkanes) is 24. The van der Waals surface area contributed by atoms with Crippen molar-refractivity contribution in [2.75, 3.05) is 6.61 Å². The van der Waals surface area contributed by atoms with Crippen LogP contribution in [0.4, 0.5) is 0 Å². The molecule has 4 nitrogen and oxygen atoms in total. The van der Waals surface area contributed by atoms with Gasteiger partial charge in [0.2, 0.25) is 5.91 Å². The summed E-state index contributed by atoms with van der Waals surface area (Å²) in [6, 6.07) is -0.680. The standard InChI is InChI=1S/C50H89NO3/c1-3-5-7-9-11-13-15-17-18-19-20-21-22-23-24-25-26-27-28-29-30-31-32-34-35-37-39-41-43-45-49(53)48(47-52)51-50(54)46-44-42-40-38-36-33-16-14-12-10-8-6-4-2/h6,8,12,14,33,35-37,40,42-43,45,48-49,52-53H,3-5,7,9-11,13,15-32,34,38-39,41,44,46-47H2,1-2H3,(H,51,54)/b8-6-,14-12-,36-33-,37-35+,42-40-,45-43+. The van der Waals surface area contributed by atoms with Gasteiger partial charge in [-0.05, 0) is 57.8 Å². The van der Waals surface area contributed by atoms with Crippen molar-refractivity contribution in [1.82, 2.24) is 5.32 Å². The van der Waals surface area contributed by atoms with E-state index in [0.717, 1.165) is 44.9 Å². The smallest absolute Gasteiger partial charge is 0.220 e. The molecule has 2 unspecified atom stereocenters. The van der Waals surface area contributed by atoms with Crippen LogP contribution in [0.1, 0.15) is 219 Å². The molecule has 3 N–H and O–H groups in total. The van der Waals surface area contributed by atoms with Crippen LogP contribution in [-0.2, 0) is 4.79 Å². The Kier molecular flexibility index (Phi) is 43.4. The van der Waals surface area contributed by atoms with Crippen LogP contribution in [0.2, 0.25) is 0 Å². The predicted molar refractivity (Wildman–Crippen MR) is 239 cm³/mol. The van der Waals surface area contributed by atoms with Gasteiger partial charge < -0.3 is 15.5 Å². The molecule has 0 fully saturated rings. The summed E-state index contributed by atoms with van der Waals surface area (Å²) in [4.78, 5) is 12.3. The van der Waals surface area contributed by atoms with Crippen molar-refractivity contribution < 1.29 is 15.0 Å². The second kappa shape index (κ2) is 45.2. The van der Waals surface area contributed by atoms with Gasteiger partial charge in [0.25, 0.3) is 0 Å². The molecule has 0 aliphatic rings. The second-order valence-electron chi connectivity index (χ2n) is 15.4. The van der Waals surface area contributed by atoms with E-state index in [9.17, 15) is 15.0 Å². The number of hydrogen-bond acceptors (Lipinski definition) is 3. The summed E-state index contributed by atoms with van der Waals surface area (Å²) in [5.41, 5.74) is 0. The van der Waals surface area contributed by atoms with Crippen LogP contribution in [0, 0.1) is 0 Å². The van der Waals surface area contributed by atoms with E-state index in [4.69, 9.17) is 0 Å². The Bertz CT molecular complexity index is 946. The molecule has 4 heteroatoms. The summed E-state index contributed by atoms with van der Waals surface area (Å²) < 4.78 is 0. The average Bonchev–Trinajstić information content (AvgIpc) is 3.18. The Balaban J connectivity index is 3.59. The molecule has 0 radical (unpaired) electrons. The van der Waals surface area contributed by atoms with Crippen LogP contribution < -0.4 is 5.32 Å². The Hall–Kier alpha value is -2.17. The first-order valence-corrected chi connectivity index (χ1v) is 23.2. The van der Waals surface area contributed by atoms with Crippen molar-refractivity contribution in [2.24, 2.45) is 0 Å². The lowest BCUT2D eigenvalue weighted by Crippen LogP contribution is -2.45. The first-order chi connectivity index (χ1) is 26.7. The number of amides is 1. The molecule has 0 saturated heterocycles. The van der Waals surface area contributed by atoms with E-state index in [1.165, 1.54) is 148 Å². The number of hydrogen-bond donors (Lipinski definition) is 3. The van der Waals surface area contributed by atoms with E-state index >= 15 is 0 Å². The fourth-order valence-corrected chi connectivity index (χ4v) is 6.68. The first kappa shape index (κ1) is 51.8. The predicted octanol–water partition coefficient (Wildman–Crippen LogP) is 14.7. The topological polar surface area (TPSA) is 69.6 Å². The average molecular weight is 752 g/mol. The fraction of sp³-hybridized carbons (Fsp3) is 0.740. The molecule has 0 aromatic carbocycles. The fourth-order valence-electron chi connectivity index (χ4n) is 6.68. The summed E-state index contributed by atoms with van der Waals surface area (Å²) in [5, 5.41) is 22.9. The zero-order valence-electron chi connectivity index (χ0n) is 35.7. The molecule has 2 atom stereocenters. The maximum Gasteiger partial charge on any atom is 0.220 e. The van der Waals surface area contributed by atoms with Crippen molar-refractivity contribution >= 4 is 5.91 Å². The van der Waals surface area contributed by atoms with Gasteiger partial charge in [-0.1, -0.05) is 228 Å². The van der Waals surface area contributed by atoms with E-state index in [-0.39, 0.29) is 12.5 Å². The number of allylic oxidation sites excluding steroid dienone is 11. The number of aliphatic hydroxyl groups is 2. The van der Waals surface area contributed by atoms with Gasteiger partial charge in [-0.2, -0.15) is 0 Å². The van der Waals surface area contributed by atoms with Crippen LogP contribution in [0.15, 0.2) is 72.9 Å². The van der Waals surface area contributed by atoms with Gasteiger partial charge in [0.05, 0.1) is 18.8 Å². The Labute approximate surface area is 336 Å². The van der Waals surface area contributed by atoms with Crippen molar-refractivity contribution in [3.8, 4) is 0 Å². The minimum Gasteiger partial charge on any atom is -0.394 e. The largest absolute Gasteiger partial charge is 0.394 e. The zero-order valence-corrected chi connectivity index (χ0v) is 35.7. The third-order valence-corrected chi connectivity index (χ3v) is 10.2. The lowest BCUT2D eigenvalue weighted by molar-refractivity contribution is -0.122. The minimum absolute atomic E-state index is 0.155. The molecule has 0 heterocycles. The van der Waals surface area contributed by atoms with Gasteiger partial charge in [0, 0.05) is 6.42 Å². The van der Waals surface area contributed by atoms with E-state index in [0.29, 0.717) is 12.8 Å². The Morgan fingerprint density at radius 1 is 0.463 bits per heavy atom. The second-order valence-corrected chi connectivity index (χ2v) is 15.4. The van der Waals surface area contributed by atoms with Gasteiger partial charge >= 0.3 is 0 Å². The molecule has 0 spiro atoms. The van der Waals surface area contributed by atoms with E-state index in [1.807, 2.05) is 12.2 Å². The van der Waals surface area contributed by atoms with Crippen molar-refractivity contribution in [3.63, 3.8) is 0 Å². The number of carbonyl (C=O) groups is 1. The molecular formula is C50H89NO3. The van der Waals surface area contributed by atoms with Crippen LogP contribution in [-0.4, -0.2) is 34.9 Å². The highest BCUT2D eigenvalue weighted by Crippen LogP contribution is 2.16. The Morgan fingerprint density at radius 3 is 1.28 bits per heavy atom. The highest BCUT2D eigenvalue weighted by molar-refractivity contribution is 5.76. The van der Waals surface area contributed by atoms with E-state index in [2.05, 4.69) is 73.8 Å². The maximum absolute atomic E-state index is 12.3. The van der Waals surface area contributed by atoms with E-state index in [1.54, 1.807) is 6.08 Å². The number of carbonyl (C=O) groups excluding carboxylic acids is 1. The molecule has 0 rings (SSSR count). The molecule has 54 heavy (non-hydrogen) atoms. The van der Waals surface area contributed by atoms with E-state index < -0.39 is 12.1 Å². The van der Waals surface area contributed by atoms with Gasteiger partial charge in [0.15, 0.2) is 0 Å². The summed E-state index contributed by atoms with van der Waals surface area (Å²) in [6.07, 6.45) is 64.8. The van der Waals surface area contributed by atoms with Crippen LogP contribution >= 0.6 is 0 Å². The molecule has 0 bridgehead atoms. The SMILES string of the molecule is CC/C=C\C/C=C\C/C=C\C/C=C\CCC(=O)NC(CO)C(O)/C=C/CC/C=C/CCCCCCCCCCCCCCCCCCCCCCCCC. The zero-order chi connectivity index (χ0) is 39.3. The third kappa shape index (κ3) is 41.0. The van der Waals surface area contributed by atoms with Gasteiger partial charge in [0.1, 0.15) is 0 Å². The third-order valence-electron chi connectivity index (χ3n) is 10.2. The molecule has 312 valence electrons. The van der Waals surface area contributed by atoms with Crippen molar-refractivity contribution in [3.05, 3.63) is 72.9 Å². The lowest BCUT2D eigenvalue weighted by atomic mass is 10.0. The van der Waals surface area contributed by atoms with Gasteiger partial charge in [-0.25, -0.2) is 0 Å². The van der Waals surface area contributed by atoms with Crippen molar-refractivity contribution in [1.29, 1.82) is 0 Å². The summed E-state index contributed by atoms with van der Waals surface area (Å²) in [7, 11) is 0. The molecule has 1 amide bonds. The summed E-state index contributed by atoms with van der Waals surface area (Å²) in [5.74, 6) is -0.155. The Morgan fingerprint density at radius 2 is 0.833 bits per heavy atom. The van der Waals surface area contributed by atoms with Crippen LogP contribution in [0.25, 0.3) is 0 Å². The summed E-state index contributed by atoms with van der Waals surface area (Å²) in [6.45, 7) is 4.15. The first-order valence-electron chi connectivity index (χ1n) is 23.2. The lowest BCUT2D eigenvalue weighted by Gasteiger charge is -2.19. The number of nitrogens with one attached hydrogen (secondary N) is 1. The molecule has 0 aliphatic carbocycles. The highest BCUT2D eigenvalue weighted by atomic mass is 16.3. The number of rotatable bonds is 41. The number of aliphatic hydroxyl groups excluding tert-OH is 2. The summed E-state index contributed by atoms with van der Waals surface area (Å²) >= 11 is 0. The van der Waals surface area contributed by atoms with Crippen LogP contribution in [0.5, 0.6) is 0 Å².